The zero-order chi connectivity index (χ0) is 24.6. The van der Waals surface area contributed by atoms with Crippen LogP contribution in [0.5, 0.6) is 0 Å². The van der Waals surface area contributed by atoms with Crippen molar-refractivity contribution in [1.82, 2.24) is 23.9 Å². The van der Waals surface area contributed by atoms with Crippen LogP contribution in [-0.4, -0.2) is 91.7 Å². The third kappa shape index (κ3) is 4.94. The summed E-state index contributed by atoms with van der Waals surface area (Å²) in [6, 6.07) is 15.0. The van der Waals surface area contributed by atoms with Crippen LogP contribution in [-0.2, 0) is 26.4 Å². The van der Waals surface area contributed by atoms with Gasteiger partial charge in [-0.2, -0.15) is 17.0 Å². The normalized spacial score (nSPS) is 21.5. The van der Waals surface area contributed by atoms with Crippen LogP contribution < -0.4 is 5.48 Å². The molecule has 2 saturated heterocycles. The molecule has 0 aliphatic carbocycles. The molecule has 0 bridgehead atoms. The van der Waals surface area contributed by atoms with Crippen molar-refractivity contribution >= 4 is 26.9 Å². The molecule has 2 aromatic carbocycles. The van der Waals surface area contributed by atoms with Crippen molar-refractivity contribution < 1.29 is 18.0 Å². The van der Waals surface area contributed by atoms with E-state index in [1.54, 1.807) is 0 Å². The van der Waals surface area contributed by atoms with E-state index < -0.39 is 15.8 Å². The zero-order valence-corrected chi connectivity index (χ0v) is 21.1. The Morgan fingerprint density at radius 1 is 1.00 bits per heavy atom. The van der Waals surface area contributed by atoms with E-state index in [2.05, 4.69) is 52.8 Å². The Bertz CT molecular complexity index is 1230. The van der Waals surface area contributed by atoms with Gasteiger partial charge in [-0.1, -0.05) is 36.4 Å². The molecule has 188 valence electrons. The lowest BCUT2D eigenvalue weighted by Crippen LogP contribution is -2.49. The number of rotatable bonds is 5. The Kier molecular flexibility index (Phi) is 6.58. The zero-order valence-electron chi connectivity index (χ0n) is 20.3. The highest BCUT2D eigenvalue weighted by Gasteiger charge is 2.43. The highest BCUT2D eigenvalue weighted by molar-refractivity contribution is 7.86. The van der Waals surface area contributed by atoms with Crippen LogP contribution in [0.2, 0.25) is 0 Å². The maximum atomic E-state index is 13.1. The Morgan fingerprint density at radius 3 is 2.37 bits per heavy atom. The predicted octanol–water partition coefficient (Wildman–Crippen LogP) is 1.54. The second-order valence-corrected chi connectivity index (χ2v) is 11.9. The highest BCUT2D eigenvalue weighted by Crippen LogP contribution is 2.33. The van der Waals surface area contributed by atoms with Gasteiger partial charge in [0.1, 0.15) is 11.3 Å². The Morgan fingerprint density at radius 2 is 1.69 bits per heavy atom. The van der Waals surface area contributed by atoms with Gasteiger partial charge in [0, 0.05) is 59.9 Å². The summed E-state index contributed by atoms with van der Waals surface area (Å²) in [5.74, 6) is -0.0597. The number of amides is 1. The molecule has 0 aromatic heterocycles. The van der Waals surface area contributed by atoms with E-state index in [1.165, 1.54) is 39.0 Å². The van der Waals surface area contributed by atoms with Crippen LogP contribution in [0.3, 0.4) is 0 Å². The maximum absolute atomic E-state index is 13.1. The smallest absolute Gasteiger partial charge is 0.281 e. The molecule has 2 fully saturated rings. The summed E-state index contributed by atoms with van der Waals surface area (Å²) in [5.41, 5.74) is 3.93. The summed E-state index contributed by atoms with van der Waals surface area (Å²) >= 11 is 0. The number of carbonyl (C=O) groups is 1. The summed E-state index contributed by atoms with van der Waals surface area (Å²) in [7, 11) is -0.375. The lowest BCUT2D eigenvalue weighted by Gasteiger charge is -2.36. The quantitative estimate of drug-likeness (QED) is 0.672. The van der Waals surface area contributed by atoms with E-state index in [1.807, 2.05) is 11.0 Å². The first-order valence-electron chi connectivity index (χ1n) is 12.1. The first kappa shape index (κ1) is 24.2. The third-order valence-corrected chi connectivity index (χ3v) is 9.18. The van der Waals surface area contributed by atoms with Crippen molar-refractivity contribution in [1.29, 1.82) is 0 Å². The number of hydrogen-bond donors (Lipinski definition) is 1. The monoisotopic (exact) mass is 499 g/mol. The van der Waals surface area contributed by atoms with Gasteiger partial charge in [0.15, 0.2) is 0 Å². The molecule has 1 amide bonds. The molecule has 0 saturated carbocycles. The highest BCUT2D eigenvalue weighted by atomic mass is 32.2. The minimum Gasteiger partial charge on any atom is -0.335 e. The summed E-state index contributed by atoms with van der Waals surface area (Å²) in [6.45, 7) is 4.53. The Balaban J connectivity index is 1.15. The van der Waals surface area contributed by atoms with Gasteiger partial charge >= 0.3 is 0 Å². The number of hydroxylamine groups is 1. The van der Waals surface area contributed by atoms with E-state index in [0.717, 1.165) is 19.6 Å². The minimum absolute atomic E-state index is 0.0597. The van der Waals surface area contributed by atoms with E-state index in [0.29, 0.717) is 44.7 Å². The molecule has 0 radical (unpaired) electrons. The van der Waals surface area contributed by atoms with Gasteiger partial charge in [0.05, 0.1) is 0 Å². The van der Waals surface area contributed by atoms with Gasteiger partial charge in [0.2, 0.25) is 0 Å². The standard InChI is InChI=1S/C25H33N5O4S/c1-27(2)35(32,33)30-11-9-25(10-12-30)18-23(26-34-25)24(31)29-15-13-28(14-16-29)19-20-7-8-21-5-3-4-6-22(21)17-20/h3-8,17-18,26H,9-16,19H2,1-2H3. The van der Waals surface area contributed by atoms with Crippen LogP contribution >= 0.6 is 0 Å². The van der Waals surface area contributed by atoms with Gasteiger partial charge in [-0.25, -0.2) is 0 Å². The number of carbonyl (C=O) groups excluding carboxylic acids is 1. The number of hydrogen-bond acceptors (Lipinski definition) is 6. The molecule has 3 heterocycles. The molecule has 10 heteroatoms. The average Bonchev–Trinajstić information content (AvgIpc) is 3.27. The minimum atomic E-state index is -3.44. The maximum Gasteiger partial charge on any atom is 0.281 e. The summed E-state index contributed by atoms with van der Waals surface area (Å²) in [6.07, 6.45) is 2.86. The molecule has 0 unspecified atom stereocenters. The number of nitrogens with one attached hydrogen (secondary N) is 1. The van der Waals surface area contributed by atoms with E-state index in [4.69, 9.17) is 4.84 Å². The summed E-state index contributed by atoms with van der Waals surface area (Å²) in [5, 5.41) is 2.49. The first-order valence-corrected chi connectivity index (χ1v) is 13.5. The first-order chi connectivity index (χ1) is 16.8. The topological polar surface area (TPSA) is 85.4 Å². The molecule has 3 aliphatic rings. The Hall–Kier alpha value is -2.50. The SMILES string of the molecule is CN(C)S(=O)(=O)N1CCC2(C=C(C(=O)N3CCN(Cc4ccc5ccccc5c4)CC3)NO2)CC1. The van der Waals surface area contributed by atoms with Crippen molar-refractivity contribution in [2.45, 2.75) is 25.0 Å². The van der Waals surface area contributed by atoms with Crippen LogP contribution in [0.15, 0.2) is 54.2 Å². The molecular formula is C25H33N5O4S. The number of benzene rings is 2. The van der Waals surface area contributed by atoms with E-state index >= 15 is 0 Å². The van der Waals surface area contributed by atoms with Crippen LogP contribution in [0.1, 0.15) is 18.4 Å². The molecule has 35 heavy (non-hydrogen) atoms. The summed E-state index contributed by atoms with van der Waals surface area (Å²) in [4.78, 5) is 23.2. The van der Waals surface area contributed by atoms with Crippen molar-refractivity contribution in [2.75, 3.05) is 53.4 Å². The van der Waals surface area contributed by atoms with Crippen molar-refractivity contribution in [3.05, 3.63) is 59.8 Å². The fourth-order valence-electron chi connectivity index (χ4n) is 5.03. The molecule has 2 aromatic rings. The van der Waals surface area contributed by atoms with Crippen LogP contribution in [0.25, 0.3) is 10.8 Å². The van der Waals surface area contributed by atoms with Gasteiger partial charge in [-0.05, 0) is 41.3 Å². The second kappa shape index (κ2) is 9.51. The van der Waals surface area contributed by atoms with Crippen LogP contribution in [0, 0.1) is 0 Å². The predicted molar refractivity (Wildman–Crippen MR) is 134 cm³/mol. The number of fused-ring (bicyclic) bond motifs is 1. The molecule has 3 aliphatic heterocycles. The molecule has 1 N–H and O–H groups in total. The number of nitrogens with zero attached hydrogens (tertiary/aromatic N) is 4. The largest absolute Gasteiger partial charge is 0.335 e. The average molecular weight is 500 g/mol. The fraction of sp³-hybridized carbons (Fsp3) is 0.480. The van der Waals surface area contributed by atoms with Gasteiger partial charge < -0.3 is 4.90 Å². The molecule has 0 atom stereocenters. The lowest BCUT2D eigenvalue weighted by molar-refractivity contribution is -0.131. The lowest BCUT2D eigenvalue weighted by atomic mass is 9.92. The van der Waals surface area contributed by atoms with E-state index in [-0.39, 0.29) is 5.91 Å². The van der Waals surface area contributed by atoms with E-state index in [9.17, 15) is 13.2 Å². The second-order valence-electron chi connectivity index (χ2n) is 9.77. The third-order valence-electron chi connectivity index (χ3n) is 7.24. The Labute approximate surface area is 207 Å². The van der Waals surface area contributed by atoms with Crippen molar-refractivity contribution in [3.8, 4) is 0 Å². The van der Waals surface area contributed by atoms with Crippen molar-refractivity contribution in [2.24, 2.45) is 0 Å². The van der Waals surface area contributed by atoms with Gasteiger partial charge in [-0.15, -0.1) is 0 Å². The molecule has 9 nitrogen and oxygen atoms in total. The molecule has 5 rings (SSSR count). The van der Waals surface area contributed by atoms with Crippen molar-refractivity contribution in [3.63, 3.8) is 0 Å². The molecule has 1 spiro atoms. The molecular weight excluding hydrogens is 466 g/mol. The van der Waals surface area contributed by atoms with Crippen LogP contribution in [0.4, 0.5) is 0 Å². The number of piperazine rings is 1. The fourth-order valence-corrected chi connectivity index (χ4v) is 6.14. The van der Waals surface area contributed by atoms with Gasteiger partial charge in [0.25, 0.3) is 16.1 Å². The van der Waals surface area contributed by atoms with Gasteiger partial charge in [-0.3, -0.25) is 20.0 Å². The summed E-state index contributed by atoms with van der Waals surface area (Å²) < 4.78 is 27.5. The number of piperidine rings is 1.